The van der Waals surface area contributed by atoms with E-state index in [2.05, 4.69) is 10.5 Å². The van der Waals surface area contributed by atoms with Crippen LogP contribution in [0.1, 0.15) is 30.5 Å². The number of anilines is 1. The van der Waals surface area contributed by atoms with E-state index in [1.54, 1.807) is 6.07 Å². The standard InChI is InChI=1S/C16H18ClN3O4S2/c17-13-6-7-14(25-13)26(22,23)20-8-2-3-10(9-20)15(21)18-16-11-4-1-5-12(11)19-24-16/h6-7,10H,1-5,8-9H2,(H,18,21). The Morgan fingerprint density at radius 1 is 1.35 bits per heavy atom. The lowest BCUT2D eigenvalue weighted by molar-refractivity contribution is -0.121. The second kappa shape index (κ2) is 6.95. The van der Waals surface area contributed by atoms with E-state index in [9.17, 15) is 13.2 Å². The molecule has 10 heteroatoms. The molecular weight excluding hydrogens is 398 g/mol. The van der Waals surface area contributed by atoms with Gasteiger partial charge in [-0.25, -0.2) is 8.42 Å². The van der Waals surface area contributed by atoms with Gasteiger partial charge in [0.2, 0.25) is 11.8 Å². The van der Waals surface area contributed by atoms with E-state index in [0.29, 0.717) is 29.6 Å². The maximum absolute atomic E-state index is 12.8. The minimum absolute atomic E-state index is 0.153. The number of halogens is 1. The largest absolute Gasteiger partial charge is 0.338 e. The first kappa shape index (κ1) is 18.0. The fourth-order valence-corrected chi connectivity index (χ4v) is 6.64. The van der Waals surface area contributed by atoms with Gasteiger partial charge in [-0.15, -0.1) is 11.3 Å². The van der Waals surface area contributed by atoms with Gasteiger partial charge in [0.25, 0.3) is 10.0 Å². The molecule has 7 nitrogen and oxygen atoms in total. The third-order valence-corrected chi connectivity index (χ3v) is 8.41. The molecule has 1 saturated heterocycles. The van der Waals surface area contributed by atoms with Crippen molar-refractivity contribution in [2.24, 2.45) is 5.92 Å². The number of thiophene rings is 1. The fraction of sp³-hybridized carbons (Fsp3) is 0.500. The summed E-state index contributed by atoms with van der Waals surface area (Å²) in [4.78, 5) is 12.6. The van der Waals surface area contributed by atoms with E-state index in [1.807, 2.05) is 0 Å². The normalized spacial score (nSPS) is 20.9. The highest BCUT2D eigenvalue weighted by molar-refractivity contribution is 7.91. The lowest BCUT2D eigenvalue weighted by Crippen LogP contribution is -2.43. The molecule has 1 N–H and O–H groups in total. The first-order valence-corrected chi connectivity index (χ1v) is 11.1. The Bertz CT molecular complexity index is 937. The molecule has 26 heavy (non-hydrogen) atoms. The van der Waals surface area contributed by atoms with Crippen LogP contribution in [0, 0.1) is 5.92 Å². The molecular formula is C16H18ClN3O4S2. The van der Waals surface area contributed by atoms with Crippen LogP contribution in [0.4, 0.5) is 5.88 Å². The smallest absolute Gasteiger partial charge is 0.252 e. The number of nitrogens with zero attached hydrogens (tertiary/aromatic N) is 2. The number of carbonyl (C=O) groups is 1. The molecule has 140 valence electrons. The summed E-state index contributed by atoms with van der Waals surface area (Å²) in [6.07, 6.45) is 3.99. The van der Waals surface area contributed by atoms with E-state index < -0.39 is 15.9 Å². The Kier molecular flexibility index (Phi) is 4.81. The second-order valence-corrected chi connectivity index (χ2v) is 10.4. The van der Waals surface area contributed by atoms with Crippen molar-refractivity contribution < 1.29 is 17.7 Å². The van der Waals surface area contributed by atoms with Crippen LogP contribution >= 0.6 is 22.9 Å². The molecule has 1 fully saturated rings. The van der Waals surface area contributed by atoms with Crippen LogP contribution < -0.4 is 5.32 Å². The van der Waals surface area contributed by atoms with Crippen molar-refractivity contribution in [1.29, 1.82) is 0 Å². The molecule has 0 bridgehead atoms. The van der Waals surface area contributed by atoms with Crippen LogP contribution in [0.15, 0.2) is 20.9 Å². The summed E-state index contributed by atoms with van der Waals surface area (Å²) in [6, 6.07) is 3.07. The van der Waals surface area contributed by atoms with Crippen LogP contribution in [-0.4, -0.2) is 36.9 Å². The van der Waals surface area contributed by atoms with Gasteiger partial charge in [-0.1, -0.05) is 16.8 Å². The van der Waals surface area contributed by atoms with E-state index in [0.717, 1.165) is 41.9 Å². The molecule has 2 aromatic heterocycles. The van der Waals surface area contributed by atoms with Crippen molar-refractivity contribution >= 4 is 44.8 Å². The van der Waals surface area contributed by atoms with Gasteiger partial charge in [-0.05, 0) is 44.2 Å². The zero-order valence-corrected chi connectivity index (χ0v) is 16.3. The van der Waals surface area contributed by atoms with Crippen molar-refractivity contribution in [2.45, 2.75) is 36.3 Å². The Morgan fingerprint density at radius 3 is 2.96 bits per heavy atom. The zero-order valence-electron chi connectivity index (χ0n) is 13.9. The average molecular weight is 416 g/mol. The van der Waals surface area contributed by atoms with E-state index >= 15 is 0 Å². The molecule has 1 atom stereocenters. The summed E-state index contributed by atoms with van der Waals surface area (Å²) in [5.41, 5.74) is 1.87. The topological polar surface area (TPSA) is 92.5 Å². The number of nitrogens with one attached hydrogen (secondary N) is 1. The number of hydrogen-bond acceptors (Lipinski definition) is 6. The maximum atomic E-state index is 12.8. The third-order valence-electron chi connectivity index (χ3n) is 4.84. The fourth-order valence-electron chi connectivity index (χ4n) is 3.48. The molecule has 1 aliphatic carbocycles. The number of piperidine rings is 1. The van der Waals surface area contributed by atoms with Crippen LogP contribution in [0.5, 0.6) is 0 Å². The van der Waals surface area contributed by atoms with Gasteiger partial charge in [0.1, 0.15) is 4.21 Å². The monoisotopic (exact) mass is 415 g/mol. The lowest BCUT2D eigenvalue weighted by Gasteiger charge is -2.30. The van der Waals surface area contributed by atoms with Gasteiger partial charge in [-0.3, -0.25) is 10.1 Å². The molecule has 1 aliphatic heterocycles. The number of amides is 1. The number of aromatic nitrogens is 1. The first-order chi connectivity index (χ1) is 12.4. The second-order valence-electron chi connectivity index (χ2n) is 6.54. The summed E-state index contributed by atoms with van der Waals surface area (Å²) in [5, 5.41) is 6.78. The number of sulfonamides is 1. The van der Waals surface area contributed by atoms with Gasteiger partial charge in [0, 0.05) is 18.7 Å². The summed E-state index contributed by atoms with van der Waals surface area (Å²) in [5.74, 6) is -0.233. The summed E-state index contributed by atoms with van der Waals surface area (Å²) < 4.78 is 32.8. The molecule has 0 radical (unpaired) electrons. The molecule has 3 heterocycles. The highest BCUT2D eigenvalue weighted by Gasteiger charge is 2.35. The first-order valence-electron chi connectivity index (χ1n) is 8.49. The molecule has 1 unspecified atom stereocenters. The average Bonchev–Trinajstić information content (AvgIpc) is 3.34. The van der Waals surface area contributed by atoms with E-state index in [1.165, 1.54) is 10.4 Å². The van der Waals surface area contributed by atoms with Gasteiger partial charge in [0.15, 0.2) is 0 Å². The van der Waals surface area contributed by atoms with Gasteiger partial charge >= 0.3 is 0 Å². The van der Waals surface area contributed by atoms with Crippen LogP contribution in [0.2, 0.25) is 4.34 Å². The third kappa shape index (κ3) is 3.28. The quantitative estimate of drug-likeness (QED) is 0.828. The van der Waals surface area contributed by atoms with E-state index in [4.69, 9.17) is 16.1 Å². The molecule has 2 aliphatic rings. The number of carbonyl (C=O) groups excluding carboxylic acids is 1. The zero-order chi connectivity index (χ0) is 18.3. The molecule has 2 aromatic rings. The SMILES string of the molecule is O=C(Nc1onc2c1CCC2)C1CCCN(S(=O)(=O)c2ccc(Cl)s2)C1. The van der Waals surface area contributed by atoms with Crippen molar-refractivity contribution in [2.75, 3.05) is 18.4 Å². The van der Waals surface area contributed by atoms with Crippen molar-refractivity contribution in [3.05, 3.63) is 27.7 Å². The van der Waals surface area contributed by atoms with Gasteiger partial charge in [0.05, 0.1) is 15.9 Å². The summed E-state index contributed by atoms with van der Waals surface area (Å²) in [6.45, 7) is 0.555. The lowest BCUT2D eigenvalue weighted by atomic mass is 9.99. The van der Waals surface area contributed by atoms with Crippen LogP contribution in [0.25, 0.3) is 0 Å². The Hall–Kier alpha value is -1.42. The molecule has 4 rings (SSSR count). The Balaban J connectivity index is 1.47. The predicted molar refractivity (Wildman–Crippen MR) is 98.0 cm³/mol. The highest BCUT2D eigenvalue weighted by Crippen LogP contribution is 2.32. The molecule has 0 spiro atoms. The van der Waals surface area contributed by atoms with Crippen molar-refractivity contribution in [3.63, 3.8) is 0 Å². The Morgan fingerprint density at radius 2 is 2.19 bits per heavy atom. The Labute approximate surface area is 160 Å². The number of fused-ring (bicyclic) bond motifs is 1. The van der Waals surface area contributed by atoms with Gasteiger partial charge in [-0.2, -0.15) is 4.31 Å². The number of rotatable bonds is 4. The maximum Gasteiger partial charge on any atom is 0.252 e. The molecule has 1 amide bonds. The highest BCUT2D eigenvalue weighted by atomic mass is 35.5. The summed E-state index contributed by atoms with van der Waals surface area (Å²) in [7, 11) is -3.63. The molecule has 0 saturated carbocycles. The van der Waals surface area contributed by atoms with Crippen LogP contribution in [0.3, 0.4) is 0 Å². The number of hydrogen-bond donors (Lipinski definition) is 1. The van der Waals surface area contributed by atoms with Crippen LogP contribution in [-0.2, 0) is 27.7 Å². The van der Waals surface area contributed by atoms with Crippen molar-refractivity contribution in [3.8, 4) is 0 Å². The number of aryl methyl sites for hydroxylation is 1. The minimum Gasteiger partial charge on any atom is -0.338 e. The van der Waals surface area contributed by atoms with Crippen molar-refractivity contribution in [1.82, 2.24) is 9.46 Å². The predicted octanol–water partition coefficient (Wildman–Crippen LogP) is 2.92. The molecule has 0 aromatic carbocycles. The van der Waals surface area contributed by atoms with E-state index in [-0.39, 0.29) is 16.7 Å². The minimum atomic E-state index is -3.63. The summed E-state index contributed by atoms with van der Waals surface area (Å²) >= 11 is 6.89. The van der Waals surface area contributed by atoms with Gasteiger partial charge < -0.3 is 4.52 Å².